The van der Waals surface area contributed by atoms with E-state index in [4.69, 9.17) is 4.74 Å². The summed E-state index contributed by atoms with van der Waals surface area (Å²) in [5, 5.41) is 2.26. The van der Waals surface area contributed by atoms with Crippen LogP contribution in [0.2, 0.25) is 0 Å². The first-order valence-electron chi connectivity index (χ1n) is 13.7. The van der Waals surface area contributed by atoms with E-state index in [9.17, 15) is 22.8 Å². The Kier molecular flexibility index (Phi) is 8.43. The molecule has 2 atom stereocenters. The normalized spacial score (nSPS) is 19.9. The smallest absolute Gasteiger partial charge is 0.375 e. The number of benzene rings is 1. The second kappa shape index (κ2) is 11.9. The van der Waals surface area contributed by atoms with E-state index in [0.29, 0.717) is 51.3 Å². The number of carbonyl (C=O) groups excluding carboxylic acids is 1. The largest absolute Gasteiger partial charge is 0.417 e. The van der Waals surface area contributed by atoms with Crippen molar-refractivity contribution in [2.45, 2.75) is 32.2 Å². The van der Waals surface area contributed by atoms with Crippen LogP contribution in [0.15, 0.2) is 41.5 Å². The second-order valence-corrected chi connectivity index (χ2v) is 10.8. The van der Waals surface area contributed by atoms with E-state index in [-0.39, 0.29) is 29.5 Å². The Labute approximate surface area is 244 Å². The van der Waals surface area contributed by atoms with Gasteiger partial charge < -0.3 is 29.7 Å². The van der Waals surface area contributed by atoms with Gasteiger partial charge >= 0.3 is 6.18 Å². The van der Waals surface area contributed by atoms with Gasteiger partial charge in [-0.15, -0.1) is 0 Å². The van der Waals surface area contributed by atoms with Gasteiger partial charge in [-0.1, -0.05) is 0 Å². The van der Waals surface area contributed by atoms with Gasteiger partial charge in [0.1, 0.15) is 17.3 Å². The fourth-order valence-electron chi connectivity index (χ4n) is 5.33. The van der Waals surface area contributed by atoms with Crippen LogP contribution < -0.4 is 20.7 Å². The number of nitrogens with zero attached hydrogens (tertiary/aromatic N) is 4. The Hall–Kier alpha value is -4.04. The molecule has 0 unspecified atom stereocenters. The van der Waals surface area contributed by atoms with Gasteiger partial charge in [-0.25, -0.2) is 13.8 Å². The number of halogens is 5. The van der Waals surface area contributed by atoms with Crippen LogP contribution in [0.4, 0.5) is 39.1 Å². The molecule has 2 aromatic heterocycles. The van der Waals surface area contributed by atoms with Crippen molar-refractivity contribution >= 4 is 23.1 Å². The minimum Gasteiger partial charge on any atom is -0.375 e. The van der Waals surface area contributed by atoms with Crippen molar-refractivity contribution in [2.75, 3.05) is 61.5 Å². The monoisotopic (exact) mass is 606 g/mol. The van der Waals surface area contributed by atoms with Crippen LogP contribution in [-0.4, -0.2) is 79.3 Å². The van der Waals surface area contributed by atoms with Gasteiger partial charge in [0.15, 0.2) is 5.82 Å². The van der Waals surface area contributed by atoms with Gasteiger partial charge in [0, 0.05) is 68.9 Å². The molecular formula is C29H31F5N6O3. The van der Waals surface area contributed by atoms with Gasteiger partial charge in [0.05, 0.1) is 35.1 Å². The average molecular weight is 607 g/mol. The molecule has 0 bridgehead atoms. The molecule has 43 heavy (non-hydrogen) atoms. The van der Waals surface area contributed by atoms with Gasteiger partial charge in [-0.3, -0.25) is 9.59 Å². The Morgan fingerprint density at radius 1 is 1.09 bits per heavy atom. The SMILES string of the molecule is C[C@@H]1CN(c2ccc(-c3c(F)cc(N4CCN(C)[C@@H](C)C4)c(NC(=O)c4c[nH]c(=O)cc4C(F)(F)F)c3F)cn2)CCO1. The number of hydrogen-bond acceptors (Lipinski definition) is 7. The molecule has 9 nitrogen and oxygen atoms in total. The van der Waals surface area contributed by atoms with Crippen LogP contribution in [-0.2, 0) is 10.9 Å². The molecular weight excluding hydrogens is 575 g/mol. The number of aromatic amines is 1. The lowest BCUT2D eigenvalue weighted by molar-refractivity contribution is -0.138. The molecule has 0 radical (unpaired) electrons. The number of amides is 1. The van der Waals surface area contributed by atoms with E-state index < -0.39 is 51.7 Å². The van der Waals surface area contributed by atoms with Crippen molar-refractivity contribution < 1.29 is 31.5 Å². The number of piperazine rings is 1. The van der Waals surface area contributed by atoms with Crippen LogP contribution in [0.25, 0.3) is 11.1 Å². The number of H-pyrrole nitrogens is 1. The molecule has 2 N–H and O–H groups in total. The van der Waals surface area contributed by atoms with Crippen LogP contribution in [0.1, 0.15) is 29.8 Å². The number of morpholine rings is 1. The molecule has 1 aromatic carbocycles. The molecule has 0 saturated carbocycles. The number of anilines is 3. The minimum absolute atomic E-state index is 0.0126. The van der Waals surface area contributed by atoms with E-state index in [1.165, 1.54) is 12.3 Å². The maximum atomic E-state index is 16.4. The molecule has 0 spiro atoms. The molecule has 14 heteroatoms. The Morgan fingerprint density at radius 2 is 1.86 bits per heavy atom. The third-order valence-corrected chi connectivity index (χ3v) is 7.81. The summed E-state index contributed by atoms with van der Waals surface area (Å²) in [4.78, 5) is 37.0. The number of aromatic nitrogens is 2. The summed E-state index contributed by atoms with van der Waals surface area (Å²) in [7, 11) is 1.90. The number of rotatable bonds is 5. The number of alkyl halides is 3. The predicted molar refractivity (Wildman–Crippen MR) is 152 cm³/mol. The van der Waals surface area contributed by atoms with Crippen molar-refractivity contribution in [2.24, 2.45) is 0 Å². The molecule has 2 saturated heterocycles. The zero-order chi connectivity index (χ0) is 31.1. The molecule has 230 valence electrons. The van der Waals surface area contributed by atoms with E-state index in [2.05, 4.69) is 15.3 Å². The zero-order valence-corrected chi connectivity index (χ0v) is 23.8. The molecule has 2 aliphatic heterocycles. The number of ether oxygens (including phenoxy) is 1. The lowest BCUT2D eigenvalue weighted by atomic mass is 10.0. The zero-order valence-electron chi connectivity index (χ0n) is 23.8. The summed E-state index contributed by atoms with van der Waals surface area (Å²) >= 11 is 0. The average Bonchev–Trinajstić information content (AvgIpc) is 2.95. The summed E-state index contributed by atoms with van der Waals surface area (Å²) in [5.74, 6) is -2.82. The molecule has 3 aromatic rings. The van der Waals surface area contributed by atoms with Gasteiger partial charge in [-0.05, 0) is 33.0 Å². The minimum atomic E-state index is -5.03. The summed E-state index contributed by atoms with van der Waals surface area (Å²) in [6.07, 6.45) is -3.12. The van der Waals surface area contributed by atoms with E-state index in [0.717, 1.165) is 6.07 Å². The molecule has 4 heterocycles. The lowest BCUT2D eigenvalue weighted by Gasteiger charge is -2.39. The van der Waals surface area contributed by atoms with E-state index >= 15 is 8.78 Å². The Bertz CT molecular complexity index is 1560. The topological polar surface area (TPSA) is 93.8 Å². The summed E-state index contributed by atoms with van der Waals surface area (Å²) in [6, 6.07) is 4.43. The van der Waals surface area contributed by atoms with Gasteiger partial charge in [0.2, 0.25) is 5.56 Å². The van der Waals surface area contributed by atoms with Crippen molar-refractivity contribution in [3.8, 4) is 11.1 Å². The van der Waals surface area contributed by atoms with Crippen molar-refractivity contribution in [3.63, 3.8) is 0 Å². The van der Waals surface area contributed by atoms with Crippen molar-refractivity contribution in [1.82, 2.24) is 14.9 Å². The first-order chi connectivity index (χ1) is 20.3. The number of nitrogens with one attached hydrogen (secondary N) is 2. The third-order valence-electron chi connectivity index (χ3n) is 7.81. The quantitative estimate of drug-likeness (QED) is 0.418. The number of carbonyl (C=O) groups is 1. The summed E-state index contributed by atoms with van der Waals surface area (Å²) in [6.45, 7) is 6.78. The standard InChI is InChI=1S/C29H31F5N6O3/c1-16-14-39(7-6-38(16)3)22-11-21(30)25(18-4-5-23(35-12-18)40-8-9-43-17(2)15-40)26(31)27(22)37-28(42)19-13-36-24(41)10-20(19)29(32,33)34/h4-5,10-13,16-17H,6-9,14-15H2,1-3H3,(H,36,41)(H,37,42)/t16-,17+/m0/s1. The van der Waals surface area contributed by atoms with Crippen molar-refractivity contribution in [1.29, 1.82) is 0 Å². The first-order valence-corrected chi connectivity index (χ1v) is 13.7. The van der Waals surface area contributed by atoms with Crippen LogP contribution in [0.5, 0.6) is 0 Å². The van der Waals surface area contributed by atoms with Gasteiger partial charge in [0.25, 0.3) is 5.91 Å². The van der Waals surface area contributed by atoms with E-state index in [1.807, 2.05) is 30.7 Å². The van der Waals surface area contributed by atoms with Crippen LogP contribution in [0, 0.1) is 11.6 Å². The first kappa shape index (κ1) is 30.4. The second-order valence-electron chi connectivity index (χ2n) is 10.8. The van der Waals surface area contributed by atoms with Crippen LogP contribution in [0.3, 0.4) is 0 Å². The molecule has 0 aliphatic carbocycles. The molecule has 1 amide bonds. The maximum absolute atomic E-state index is 16.4. The summed E-state index contributed by atoms with van der Waals surface area (Å²) < 4.78 is 78.7. The molecule has 2 aliphatic rings. The Balaban J connectivity index is 1.57. The Morgan fingerprint density at radius 3 is 2.51 bits per heavy atom. The predicted octanol–water partition coefficient (Wildman–Crippen LogP) is 4.35. The van der Waals surface area contributed by atoms with Gasteiger partial charge in [-0.2, -0.15) is 13.2 Å². The van der Waals surface area contributed by atoms with Crippen molar-refractivity contribution in [3.05, 3.63) is 69.8 Å². The fraction of sp³-hybridized carbons (Fsp3) is 0.414. The number of pyridine rings is 2. The highest BCUT2D eigenvalue weighted by Crippen LogP contribution is 2.40. The highest BCUT2D eigenvalue weighted by atomic mass is 19.4. The number of hydrogen-bond donors (Lipinski definition) is 2. The lowest BCUT2D eigenvalue weighted by Crippen LogP contribution is -2.50. The summed E-state index contributed by atoms with van der Waals surface area (Å²) in [5.41, 5.74) is -4.37. The molecule has 2 fully saturated rings. The number of likely N-dealkylation sites (N-methyl/N-ethyl adjacent to an activating group) is 1. The molecule has 5 rings (SSSR count). The fourth-order valence-corrected chi connectivity index (χ4v) is 5.33. The van der Waals surface area contributed by atoms with E-state index in [1.54, 1.807) is 11.0 Å². The van der Waals surface area contributed by atoms with Crippen LogP contribution >= 0.6 is 0 Å². The highest BCUT2D eigenvalue weighted by Gasteiger charge is 2.37. The third kappa shape index (κ3) is 6.34. The highest BCUT2D eigenvalue weighted by molar-refractivity contribution is 6.07. The maximum Gasteiger partial charge on any atom is 0.417 e.